The highest BCUT2D eigenvalue weighted by Crippen LogP contribution is 2.23. The summed E-state index contributed by atoms with van der Waals surface area (Å²) in [7, 11) is 0. The van der Waals surface area contributed by atoms with E-state index < -0.39 is 43.4 Å². The molecule has 0 spiro atoms. The average Bonchev–Trinajstić information content (AvgIpc) is 3.22. The molecule has 1 saturated heterocycles. The maximum Gasteiger partial charge on any atom is 0.306 e. The minimum absolute atomic E-state index is 0.108. The summed E-state index contributed by atoms with van der Waals surface area (Å²) in [6.07, 6.45) is 43.0. The van der Waals surface area contributed by atoms with Gasteiger partial charge in [-0.3, -0.25) is 4.79 Å². The molecule has 338 valence electrons. The number of carbonyl (C=O) groups excluding carboxylic acids is 1. The average molecular weight is 821 g/mol. The Labute approximate surface area is 354 Å². The Morgan fingerprint density at radius 3 is 1.52 bits per heavy atom. The minimum Gasteiger partial charge on any atom is -0.457 e. The molecule has 0 aliphatic carbocycles. The Kier molecular flexibility index (Phi) is 37.9. The fourth-order valence-corrected chi connectivity index (χ4v) is 7.09. The Hall–Kier alpha value is -1.85. The molecule has 6 unspecified atom stereocenters. The number of carbonyl (C=O) groups is 1. The van der Waals surface area contributed by atoms with Crippen LogP contribution >= 0.6 is 0 Å². The van der Waals surface area contributed by atoms with E-state index in [1.54, 1.807) is 0 Å². The molecule has 1 heterocycles. The first-order chi connectivity index (χ1) is 28.4. The van der Waals surface area contributed by atoms with Gasteiger partial charge in [0, 0.05) is 13.0 Å². The van der Waals surface area contributed by atoms with Crippen LogP contribution in [0.2, 0.25) is 0 Å². The van der Waals surface area contributed by atoms with Gasteiger partial charge in [-0.1, -0.05) is 191 Å². The van der Waals surface area contributed by atoms with Gasteiger partial charge in [0.2, 0.25) is 0 Å². The van der Waals surface area contributed by atoms with E-state index in [0.717, 1.165) is 57.8 Å². The van der Waals surface area contributed by atoms with E-state index in [-0.39, 0.29) is 19.2 Å². The number of allylic oxidation sites excluding steroid dienone is 8. The lowest BCUT2D eigenvalue weighted by molar-refractivity contribution is -0.305. The lowest BCUT2D eigenvalue weighted by atomic mass is 9.99. The van der Waals surface area contributed by atoms with Crippen LogP contribution in [0.3, 0.4) is 0 Å². The molecule has 4 N–H and O–H groups in total. The molecule has 0 aromatic rings. The molecule has 1 aliphatic heterocycles. The lowest BCUT2D eigenvalue weighted by Gasteiger charge is -2.39. The monoisotopic (exact) mass is 821 g/mol. The molecule has 0 saturated carbocycles. The van der Waals surface area contributed by atoms with Gasteiger partial charge in [-0.2, -0.15) is 0 Å². The molecule has 0 bridgehead atoms. The molecular weight excluding hydrogens is 733 g/mol. The molecule has 6 atom stereocenters. The molecule has 1 rings (SSSR count). The van der Waals surface area contributed by atoms with Crippen molar-refractivity contribution in [1.29, 1.82) is 0 Å². The fraction of sp³-hybridized carbons (Fsp3) is 0.816. The van der Waals surface area contributed by atoms with E-state index in [9.17, 15) is 25.2 Å². The van der Waals surface area contributed by atoms with Crippen LogP contribution < -0.4 is 0 Å². The van der Waals surface area contributed by atoms with Crippen molar-refractivity contribution in [2.45, 2.75) is 230 Å². The van der Waals surface area contributed by atoms with Crippen molar-refractivity contribution in [3.05, 3.63) is 48.6 Å². The lowest BCUT2D eigenvalue weighted by Crippen LogP contribution is -2.59. The molecule has 0 aromatic carbocycles. The first-order valence-corrected chi connectivity index (χ1v) is 23.7. The summed E-state index contributed by atoms with van der Waals surface area (Å²) in [5, 5.41) is 40.1. The van der Waals surface area contributed by atoms with Crippen molar-refractivity contribution in [2.75, 3.05) is 26.4 Å². The second-order valence-electron chi connectivity index (χ2n) is 16.2. The molecule has 1 aliphatic rings. The predicted octanol–water partition coefficient (Wildman–Crippen LogP) is 10.9. The van der Waals surface area contributed by atoms with E-state index in [1.807, 2.05) is 0 Å². The molecule has 0 aromatic heterocycles. The van der Waals surface area contributed by atoms with Gasteiger partial charge in [0.15, 0.2) is 6.29 Å². The summed E-state index contributed by atoms with van der Waals surface area (Å²) in [5.41, 5.74) is 0. The van der Waals surface area contributed by atoms with Crippen molar-refractivity contribution in [1.82, 2.24) is 0 Å². The maximum atomic E-state index is 12.8. The summed E-state index contributed by atoms with van der Waals surface area (Å²) in [6, 6.07) is 0. The topological polar surface area (TPSA) is 135 Å². The first-order valence-electron chi connectivity index (χ1n) is 23.7. The number of aliphatic hydroxyl groups is 4. The highest BCUT2D eigenvalue weighted by molar-refractivity contribution is 5.69. The van der Waals surface area contributed by atoms with Gasteiger partial charge in [0.25, 0.3) is 0 Å². The van der Waals surface area contributed by atoms with Crippen LogP contribution in [-0.2, 0) is 23.7 Å². The Bertz CT molecular complexity index is 1030. The van der Waals surface area contributed by atoms with Crippen LogP contribution in [0.15, 0.2) is 48.6 Å². The van der Waals surface area contributed by atoms with Gasteiger partial charge >= 0.3 is 5.97 Å². The van der Waals surface area contributed by atoms with Crippen molar-refractivity contribution >= 4 is 5.97 Å². The molecule has 58 heavy (non-hydrogen) atoms. The Morgan fingerprint density at radius 2 is 1.03 bits per heavy atom. The van der Waals surface area contributed by atoms with Gasteiger partial charge in [0.05, 0.1) is 19.8 Å². The zero-order valence-corrected chi connectivity index (χ0v) is 37.0. The number of ether oxygens (including phenoxy) is 4. The number of aliphatic hydroxyl groups excluding tert-OH is 4. The number of unbranched alkanes of at least 4 members (excludes halogenated alkanes) is 21. The zero-order valence-electron chi connectivity index (χ0n) is 37.0. The predicted molar refractivity (Wildman–Crippen MR) is 238 cm³/mol. The zero-order chi connectivity index (χ0) is 42.2. The van der Waals surface area contributed by atoms with Gasteiger partial charge in [-0.15, -0.1) is 0 Å². The van der Waals surface area contributed by atoms with E-state index in [0.29, 0.717) is 13.0 Å². The minimum atomic E-state index is -1.55. The third-order valence-corrected chi connectivity index (χ3v) is 10.8. The number of rotatable bonds is 40. The largest absolute Gasteiger partial charge is 0.457 e. The van der Waals surface area contributed by atoms with Crippen molar-refractivity contribution in [3.63, 3.8) is 0 Å². The van der Waals surface area contributed by atoms with Crippen molar-refractivity contribution < 1.29 is 44.2 Å². The van der Waals surface area contributed by atoms with Crippen LogP contribution in [0.1, 0.15) is 194 Å². The summed E-state index contributed by atoms with van der Waals surface area (Å²) in [4.78, 5) is 12.8. The van der Waals surface area contributed by atoms with E-state index in [1.165, 1.54) is 116 Å². The van der Waals surface area contributed by atoms with Crippen LogP contribution in [0.5, 0.6) is 0 Å². The second-order valence-corrected chi connectivity index (χ2v) is 16.2. The van der Waals surface area contributed by atoms with Crippen LogP contribution in [-0.4, -0.2) is 89.6 Å². The van der Waals surface area contributed by atoms with E-state index in [2.05, 4.69) is 62.5 Å². The van der Waals surface area contributed by atoms with Crippen LogP contribution in [0.4, 0.5) is 0 Å². The SMILES string of the molecule is CC/C=C\C/C=C\C/C=C\C/C=C\CCCOCC(COC1OC(CO)C(O)C(O)C1O)OC(=O)CCCCCCCCCCCCCCCCCCCCCCC. The first kappa shape index (κ1) is 54.2. The molecule has 1 fully saturated rings. The van der Waals surface area contributed by atoms with Gasteiger partial charge in [-0.25, -0.2) is 0 Å². The van der Waals surface area contributed by atoms with Crippen LogP contribution in [0.25, 0.3) is 0 Å². The van der Waals surface area contributed by atoms with Crippen LogP contribution in [0, 0.1) is 0 Å². The van der Waals surface area contributed by atoms with E-state index in [4.69, 9.17) is 18.9 Å². The third kappa shape index (κ3) is 31.1. The number of esters is 1. The molecule has 9 nitrogen and oxygen atoms in total. The Balaban J connectivity index is 2.24. The third-order valence-electron chi connectivity index (χ3n) is 10.8. The van der Waals surface area contributed by atoms with Gasteiger partial charge in [0.1, 0.15) is 30.5 Å². The molecular formula is C49H88O9. The quantitative estimate of drug-likeness (QED) is 0.0271. The normalized spacial score (nSPS) is 20.7. The molecule has 0 radical (unpaired) electrons. The summed E-state index contributed by atoms with van der Waals surface area (Å²) in [6.45, 7) is 4.32. The van der Waals surface area contributed by atoms with Crippen molar-refractivity contribution in [3.8, 4) is 0 Å². The smallest absolute Gasteiger partial charge is 0.306 e. The van der Waals surface area contributed by atoms with Crippen molar-refractivity contribution in [2.24, 2.45) is 0 Å². The van der Waals surface area contributed by atoms with Gasteiger partial charge < -0.3 is 39.4 Å². The standard InChI is InChI=1S/C49H88O9/c1-3-5-7-9-11-13-15-17-19-20-21-22-23-24-25-26-28-30-32-34-36-38-45(51)57-43(42-56-49-48(54)47(53)46(52)44(40-50)58-49)41-55-39-37-35-33-31-29-27-18-16-14-12-10-8-6-4-2/h6,8,12,14,18,27,31,33,43-44,46-50,52-54H,3-5,7,9-11,13,15-17,19-26,28-30,32,34-42H2,1-2H3/b8-6-,14-12-,27-18-,33-31-. The Morgan fingerprint density at radius 1 is 0.569 bits per heavy atom. The molecule has 0 amide bonds. The maximum absolute atomic E-state index is 12.8. The molecule has 9 heteroatoms. The summed E-state index contributed by atoms with van der Waals surface area (Å²) >= 11 is 0. The second kappa shape index (κ2) is 40.6. The number of hydrogen-bond acceptors (Lipinski definition) is 9. The summed E-state index contributed by atoms with van der Waals surface area (Å²) in [5.74, 6) is -0.330. The number of hydrogen-bond donors (Lipinski definition) is 4. The summed E-state index contributed by atoms with van der Waals surface area (Å²) < 4.78 is 22.7. The van der Waals surface area contributed by atoms with Gasteiger partial charge in [-0.05, 0) is 44.9 Å². The van der Waals surface area contributed by atoms with E-state index >= 15 is 0 Å². The highest BCUT2D eigenvalue weighted by Gasteiger charge is 2.44. The highest BCUT2D eigenvalue weighted by atomic mass is 16.7. The fourth-order valence-electron chi connectivity index (χ4n) is 7.09.